The van der Waals surface area contributed by atoms with Crippen LogP contribution in [0.1, 0.15) is 46.0 Å². The maximum Gasteiger partial charge on any atom is 0.337 e. The monoisotopic (exact) mass is 547 g/mol. The van der Waals surface area contributed by atoms with Crippen molar-refractivity contribution >= 4 is 24.0 Å². The quantitative estimate of drug-likeness (QED) is 0.483. The van der Waals surface area contributed by atoms with Crippen LogP contribution in [0.5, 0.6) is 0 Å². The van der Waals surface area contributed by atoms with Crippen molar-refractivity contribution < 1.29 is 23.1 Å². The Bertz CT molecular complexity index is 1100. The summed E-state index contributed by atoms with van der Waals surface area (Å²) in [6.07, 6.45) is 9.33. The number of methoxy groups -OCH3 is 1. The molecular weight excluding hydrogens is 508 g/mol. The van der Waals surface area contributed by atoms with Crippen molar-refractivity contribution in [1.82, 2.24) is 25.8 Å². The zero-order valence-electron chi connectivity index (χ0n) is 23.0. The number of carbonyl (C=O) groups excluding carboxylic acids is 2. The first kappa shape index (κ1) is 27.7. The number of nitrogens with zero attached hydrogens (tertiary/aromatic N) is 4. The van der Waals surface area contributed by atoms with Crippen molar-refractivity contribution in [2.75, 3.05) is 33.8 Å². The molecular formula is C27H39F2N7O3. The maximum absolute atomic E-state index is 14.6. The smallest absolute Gasteiger partial charge is 0.337 e. The summed E-state index contributed by atoms with van der Waals surface area (Å²) in [6, 6.07) is -0.777. The summed E-state index contributed by atoms with van der Waals surface area (Å²) < 4.78 is 34.8. The number of piperidine rings is 1. The molecule has 5 rings (SSSR count). The molecule has 12 heteroatoms. The maximum atomic E-state index is 14.6. The molecule has 214 valence electrons. The largest absolute Gasteiger partial charge is 0.495 e. The molecule has 3 aliphatic heterocycles. The first-order valence-electron chi connectivity index (χ1n) is 13.8. The van der Waals surface area contributed by atoms with E-state index in [0.717, 1.165) is 30.8 Å². The van der Waals surface area contributed by atoms with Gasteiger partial charge >= 0.3 is 5.92 Å². The fourth-order valence-corrected chi connectivity index (χ4v) is 6.41. The van der Waals surface area contributed by atoms with Gasteiger partial charge in [0.2, 0.25) is 11.9 Å². The van der Waals surface area contributed by atoms with Crippen LogP contribution in [0, 0.1) is 11.3 Å². The Kier molecular flexibility index (Phi) is 7.53. The standard InChI is InChI=1S/C27H39F2N7O3/c1-16(2)36-15-27(28,29)24(38)35(3)20-14-31-25(34-22(20)36)33-19-6-5-17(11-21(19)39-4)23(37)32-18-12-26(13-18)7-9-30-10-8-26/h6,11,14,16-18,20,22,30H,5,7-10,12-13,15H2,1-4H3,(H,32,37)(H,33,34). The number of hydrogen-bond acceptors (Lipinski definition) is 8. The van der Waals surface area contributed by atoms with Gasteiger partial charge in [-0.05, 0) is 70.5 Å². The number of amides is 2. The van der Waals surface area contributed by atoms with Gasteiger partial charge < -0.3 is 25.6 Å². The Labute approximate surface area is 228 Å². The van der Waals surface area contributed by atoms with Crippen LogP contribution in [-0.4, -0.2) is 97.8 Å². The predicted octanol–water partition coefficient (Wildman–Crippen LogP) is 1.61. The van der Waals surface area contributed by atoms with E-state index in [-0.39, 0.29) is 29.9 Å². The molecule has 1 saturated carbocycles. The second-order valence-corrected chi connectivity index (χ2v) is 11.7. The lowest BCUT2D eigenvalue weighted by atomic mass is 9.60. The van der Waals surface area contributed by atoms with E-state index in [2.05, 4.69) is 25.9 Å². The molecule has 0 aromatic heterocycles. The summed E-state index contributed by atoms with van der Waals surface area (Å²) in [4.78, 5) is 36.9. The molecule has 0 aromatic rings. The van der Waals surface area contributed by atoms with Crippen molar-refractivity contribution in [3.8, 4) is 0 Å². The number of nitrogens with one attached hydrogen (secondary N) is 3. The highest BCUT2D eigenvalue weighted by Gasteiger charge is 2.52. The summed E-state index contributed by atoms with van der Waals surface area (Å²) in [7, 11) is 2.89. The van der Waals surface area contributed by atoms with E-state index in [1.165, 1.54) is 38.1 Å². The summed E-state index contributed by atoms with van der Waals surface area (Å²) >= 11 is 0. The number of carbonyl (C=O) groups is 2. The molecule has 3 atom stereocenters. The second-order valence-electron chi connectivity index (χ2n) is 11.7. The number of rotatable bonds is 5. The fourth-order valence-electron chi connectivity index (χ4n) is 6.41. The second kappa shape index (κ2) is 10.6. The molecule has 3 unspecified atom stereocenters. The molecule has 0 aromatic carbocycles. The van der Waals surface area contributed by atoms with Crippen LogP contribution < -0.4 is 16.0 Å². The van der Waals surface area contributed by atoms with E-state index in [0.29, 0.717) is 23.3 Å². The van der Waals surface area contributed by atoms with E-state index in [9.17, 15) is 18.4 Å². The summed E-state index contributed by atoms with van der Waals surface area (Å²) in [5, 5.41) is 9.76. The number of guanidine groups is 1. The van der Waals surface area contributed by atoms with Crippen molar-refractivity contribution in [1.29, 1.82) is 0 Å². The molecule has 3 fully saturated rings. The third-order valence-electron chi connectivity index (χ3n) is 8.74. The van der Waals surface area contributed by atoms with Crippen LogP contribution in [-0.2, 0) is 14.3 Å². The first-order valence-corrected chi connectivity index (χ1v) is 13.8. The van der Waals surface area contributed by atoms with Crippen molar-refractivity contribution in [2.24, 2.45) is 21.3 Å². The molecule has 1 spiro atoms. The van der Waals surface area contributed by atoms with Gasteiger partial charge in [-0.25, -0.2) is 9.98 Å². The summed E-state index contributed by atoms with van der Waals surface area (Å²) in [6.45, 7) is 4.98. The average molecular weight is 548 g/mol. The lowest BCUT2D eigenvalue weighted by Crippen LogP contribution is -2.55. The zero-order chi connectivity index (χ0) is 27.9. The third-order valence-corrected chi connectivity index (χ3v) is 8.74. The summed E-state index contributed by atoms with van der Waals surface area (Å²) in [5.74, 6) is -4.40. The SMILES string of the molecule is COC1=CC(C(=O)NC2CC3(CCNCC3)C2)CC=C1NC1=NC2C(C=N1)N(C)C(=O)C(F)(F)CN2C(C)C. The average Bonchev–Trinajstić information content (AvgIpc) is 2.97. The van der Waals surface area contributed by atoms with Crippen LogP contribution in [0.2, 0.25) is 0 Å². The van der Waals surface area contributed by atoms with E-state index in [1.807, 2.05) is 6.08 Å². The predicted molar refractivity (Wildman–Crippen MR) is 143 cm³/mol. The molecule has 39 heavy (non-hydrogen) atoms. The minimum atomic E-state index is -3.52. The lowest BCUT2D eigenvalue weighted by molar-refractivity contribution is -0.155. The number of fused-ring (bicyclic) bond motifs is 1. The lowest BCUT2D eigenvalue weighted by Gasteiger charge is -2.50. The first-order chi connectivity index (χ1) is 18.5. The molecule has 2 saturated heterocycles. The topological polar surface area (TPSA) is 111 Å². The molecule has 3 heterocycles. The van der Waals surface area contributed by atoms with Crippen LogP contribution in [0.3, 0.4) is 0 Å². The van der Waals surface area contributed by atoms with E-state index >= 15 is 0 Å². The van der Waals surface area contributed by atoms with Gasteiger partial charge in [0.25, 0.3) is 5.91 Å². The Morgan fingerprint density at radius 1 is 1.26 bits per heavy atom. The van der Waals surface area contributed by atoms with Gasteiger partial charge in [0.15, 0.2) is 0 Å². The molecule has 2 aliphatic carbocycles. The van der Waals surface area contributed by atoms with Crippen LogP contribution in [0.15, 0.2) is 33.6 Å². The summed E-state index contributed by atoms with van der Waals surface area (Å²) in [5.41, 5.74) is 0.994. The van der Waals surface area contributed by atoms with E-state index in [1.54, 1.807) is 19.9 Å². The molecule has 0 radical (unpaired) electrons. The molecule has 0 bridgehead atoms. The van der Waals surface area contributed by atoms with Gasteiger partial charge in [-0.3, -0.25) is 14.5 Å². The number of allylic oxidation sites excluding steroid dienone is 1. The van der Waals surface area contributed by atoms with Gasteiger partial charge in [-0.2, -0.15) is 8.78 Å². The number of aliphatic imine (C=N–C) groups is 2. The van der Waals surface area contributed by atoms with Crippen molar-refractivity contribution in [3.05, 3.63) is 23.6 Å². The number of alkyl halides is 2. The van der Waals surface area contributed by atoms with Gasteiger partial charge in [0.1, 0.15) is 18.0 Å². The van der Waals surface area contributed by atoms with Gasteiger partial charge in [0, 0.05) is 25.3 Å². The van der Waals surface area contributed by atoms with Crippen molar-refractivity contribution in [3.63, 3.8) is 0 Å². The van der Waals surface area contributed by atoms with Gasteiger partial charge in [0.05, 0.1) is 25.3 Å². The minimum absolute atomic E-state index is 0.0100. The zero-order valence-corrected chi connectivity index (χ0v) is 23.0. The third kappa shape index (κ3) is 5.45. The van der Waals surface area contributed by atoms with Crippen LogP contribution in [0.25, 0.3) is 0 Å². The number of ether oxygens (including phenoxy) is 1. The van der Waals surface area contributed by atoms with Crippen molar-refractivity contribution in [2.45, 2.75) is 76.2 Å². The molecule has 10 nitrogen and oxygen atoms in total. The van der Waals surface area contributed by atoms with E-state index in [4.69, 9.17) is 4.74 Å². The highest BCUT2D eigenvalue weighted by Crippen LogP contribution is 2.48. The van der Waals surface area contributed by atoms with Crippen LogP contribution >= 0.6 is 0 Å². The normalized spacial score (nSPS) is 30.5. The Hall–Kier alpha value is -2.86. The molecule has 5 aliphatic rings. The number of halogens is 2. The fraction of sp³-hybridized carbons (Fsp3) is 0.704. The Balaban J connectivity index is 1.24. The Morgan fingerprint density at radius 3 is 2.64 bits per heavy atom. The van der Waals surface area contributed by atoms with E-state index < -0.39 is 30.6 Å². The minimum Gasteiger partial charge on any atom is -0.495 e. The highest BCUT2D eigenvalue weighted by atomic mass is 19.3. The van der Waals surface area contributed by atoms with Gasteiger partial charge in [-0.15, -0.1) is 0 Å². The number of hydrogen-bond donors (Lipinski definition) is 3. The van der Waals surface area contributed by atoms with Gasteiger partial charge in [-0.1, -0.05) is 6.08 Å². The highest BCUT2D eigenvalue weighted by molar-refractivity contribution is 5.95. The molecule has 2 amide bonds. The molecule has 3 N–H and O–H groups in total. The number of likely N-dealkylation sites (N-methyl/N-ethyl adjacent to an activating group) is 1. The Morgan fingerprint density at radius 2 is 1.97 bits per heavy atom. The van der Waals surface area contributed by atoms with Crippen LogP contribution in [0.4, 0.5) is 8.78 Å².